The molecule has 1 aliphatic rings. The molecule has 0 aliphatic carbocycles. The van der Waals surface area contributed by atoms with Gasteiger partial charge in [-0.25, -0.2) is 14.2 Å². The maximum Gasteiger partial charge on any atom is 0.363 e. The Morgan fingerprint density at radius 3 is 2.67 bits per heavy atom. The van der Waals surface area contributed by atoms with E-state index in [9.17, 15) is 9.18 Å². The molecule has 1 aliphatic heterocycles. The third kappa shape index (κ3) is 5.42. The van der Waals surface area contributed by atoms with Crippen LogP contribution in [0.3, 0.4) is 0 Å². The van der Waals surface area contributed by atoms with Crippen molar-refractivity contribution in [2.75, 3.05) is 6.61 Å². The molecular formula is C26H21FINO4. The Morgan fingerprint density at radius 2 is 1.91 bits per heavy atom. The van der Waals surface area contributed by atoms with E-state index in [1.165, 1.54) is 18.2 Å². The number of aryl methyl sites for hydroxylation is 1. The lowest BCUT2D eigenvalue weighted by atomic mass is 10.1. The molecule has 3 aromatic carbocycles. The summed E-state index contributed by atoms with van der Waals surface area (Å²) in [6.07, 6.45) is 1.62. The number of hydrogen-bond acceptors (Lipinski definition) is 5. The van der Waals surface area contributed by atoms with E-state index in [0.29, 0.717) is 35.8 Å². The second-order valence-electron chi connectivity index (χ2n) is 7.32. The number of rotatable bonds is 7. The third-order valence-corrected chi connectivity index (χ3v) is 5.76. The monoisotopic (exact) mass is 557 g/mol. The van der Waals surface area contributed by atoms with Crippen LogP contribution in [0.15, 0.2) is 71.4 Å². The highest BCUT2D eigenvalue weighted by Gasteiger charge is 2.25. The summed E-state index contributed by atoms with van der Waals surface area (Å²) in [5, 5.41) is 0. The number of carbonyl (C=O) groups excluding carboxylic acids is 1. The SMILES string of the molecule is CCOc1cc(/C=C2\N=C(c3cccc(F)c3)OC2=O)cc(I)c1OCc1ccccc1C. The molecule has 0 saturated carbocycles. The number of halogens is 2. The van der Waals surface area contributed by atoms with Crippen LogP contribution in [0.5, 0.6) is 11.5 Å². The molecule has 0 atom stereocenters. The van der Waals surface area contributed by atoms with E-state index < -0.39 is 11.8 Å². The molecular weight excluding hydrogens is 536 g/mol. The number of nitrogens with zero attached hydrogens (tertiary/aromatic N) is 1. The lowest BCUT2D eigenvalue weighted by Gasteiger charge is -2.15. The van der Waals surface area contributed by atoms with Gasteiger partial charge in [-0.2, -0.15) is 0 Å². The Kier molecular flexibility index (Phi) is 7.08. The van der Waals surface area contributed by atoms with Gasteiger partial charge in [0.05, 0.1) is 10.2 Å². The molecule has 0 radical (unpaired) electrons. The van der Waals surface area contributed by atoms with Crippen LogP contribution in [0, 0.1) is 16.3 Å². The summed E-state index contributed by atoms with van der Waals surface area (Å²) in [5.74, 6) is 0.262. The Labute approximate surface area is 205 Å². The lowest BCUT2D eigenvalue weighted by Crippen LogP contribution is -2.05. The first kappa shape index (κ1) is 23.0. The van der Waals surface area contributed by atoms with Crippen molar-refractivity contribution in [2.45, 2.75) is 20.5 Å². The summed E-state index contributed by atoms with van der Waals surface area (Å²) in [4.78, 5) is 16.6. The normalized spacial score (nSPS) is 14.2. The van der Waals surface area contributed by atoms with Gasteiger partial charge in [0.2, 0.25) is 5.90 Å². The highest BCUT2D eigenvalue weighted by molar-refractivity contribution is 14.1. The highest BCUT2D eigenvalue weighted by Crippen LogP contribution is 2.36. The fraction of sp³-hybridized carbons (Fsp3) is 0.154. The molecule has 0 spiro atoms. The predicted molar refractivity (Wildman–Crippen MR) is 133 cm³/mol. The highest BCUT2D eigenvalue weighted by atomic mass is 127. The molecule has 0 aromatic heterocycles. The number of cyclic esters (lactones) is 1. The van der Waals surface area contributed by atoms with Crippen LogP contribution >= 0.6 is 22.6 Å². The zero-order valence-corrected chi connectivity index (χ0v) is 20.3. The van der Waals surface area contributed by atoms with Crippen LogP contribution in [0.25, 0.3) is 6.08 Å². The molecule has 0 N–H and O–H groups in total. The van der Waals surface area contributed by atoms with Crippen LogP contribution in [0.4, 0.5) is 4.39 Å². The van der Waals surface area contributed by atoms with Gasteiger partial charge in [0, 0.05) is 5.56 Å². The van der Waals surface area contributed by atoms with Crippen molar-refractivity contribution in [3.63, 3.8) is 0 Å². The van der Waals surface area contributed by atoms with E-state index in [1.54, 1.807) is 18.2 Å². The second-order valence-corrected chi connectivity index (χ2v) is 8.49. The van der Waals surface area contributed by atoms with Gasteiger partial charge in [-0.3, -0.25) is 0 Å². The van der Waals surface area contributed by atoms with Crippen molar-refractivity contribution in [3.05, 3.63) is 98.0 Å². The van der Waals surface area contributed by atoms with E-state index >= 15 is 0 Å². The van der Waals surface area contributed by atoms with E-state index in [1.807, 2.05) is 44.2 Å². The van der Waals surface area contributed by atoms with Crippen LogP contribution in [-0.4, -0.2) is 18.5 Å². The molecule has 4 rings (SSSR count). The first-order valence-corrected chi connectivity index (χ1v) is 11.4. The molecule has 1 heterocycles. The van der Waals surface area contributed by atoms with E-state index in [4.69, 9.17) is 14.2 Å². The number of aliphatic imine (C=N–C) groups is 1. The average Bonchev–Trinajstić information content (AvgIpc) is 3.15. The van der Waals surface area contributed by atoms with Gasteiger partial charge in [-0.05, 0) is 89.5 Å². The number of esters is 1. The predicted octanol–water partition coefficient (Wildman–Crippen LogP) is 6.06. The second kappa shape index (κ2) is 10.2. The molecule has 3 aromatic rings. The van der Waals surface area contributed by atoms with Crippen LogP contribution in [0.2, 0.25) is 0 Å². The zero-order chi connectivity index (χ0) is 23.4. The molecule has 5 nitrogen and oxygen atoms in total. The molecule has 0 amide bonds. The minimum Gasteiger partial charge on any atom is -0.490 e. The molecule has 0 saturated heterocycles. The van der Waals surface area contributed by atoms with Gasteiger partial charge in [-0.15, -0.1) is 0 Å². The smallest absolute Gasteiger partial charge is 0.363 e. The number of ether oxygens (including phenoxy) is 3. The van der Waals surface area contributed by atoms with E-state index in [0.717, 1.165) is 14.7 Å². The largest absolute Gasteiger partial charge is 0.490 e. The number of hydrogen-bond donors (Lipinski definition) is 0. The van der Waals surface area contributed by atoms with Gasteiger partial charge >= 0.3 is 5.97 Å². The fourth-order valence-corrected chi connectivity index (χ4v) is 4.09. The summed E-state index contributed by atoms with van der Waals surface area (Å²) in [7, 11) is 0. The fourth-order valence-electron chi connectivity index (χ4n) is 3.31. The Bertz CT molecular complexity index is 1270. The maximum atomic E-state index is 13.5. The van der Waals surface area contributed by atoms with Crippen molar-refractivity contribution in [3.8, 4) is 11.5 Å². The summed E-state index contributed by atoms with van der Waals surface area (Å²) < 4.78 is 31.5. The molecule has 0 fully saturated rings. The van der Waals surface area contributed by atoms with Crippen molar-refractivity contribution >= 4 is 40.5 Å². The summed E-state index contributed by atoms with van der Waals surface area (Å²) >= 11 is 2.18. The summed E-state index contributed by atoms with van der Waals surface area (Å²) in [6, 6.07) is 17.5. The van der Waals surface area contributed by atoms with Crippen molar-refractivity contribution < 1.29 is 23.4 Å². The molecule has 0 bridgehead atoms. The Morgan fingerprint density at radius 1 is 1.09 bits per heavy atom. The van der Waals surface area contributed by atoms with Crippen LogP contribution in [-0.2, 0) is 16.1 Å². The van der Waals surface area contributed by atoms with E-state index in [-0.39, 0.29) is 11.6 Å². The quantitative estimate of drug-likeness (QED) is 0.201. The number of benzene rings is 3. The van der Waals surface area contributed by atoms with E-state index in [2.05, 4.69) is 27.6 Å². The average molecular weight is 557 g/mol. The molecule has 0 unspecified atom stereocenters. The van der Waals surface area contributed by atoms with Gasteiger partial charge in [0.1, 0.15) is 12.4 Å². The first-order chi connectivity index (χ1) is 15.9. The third-order valence-electron chi connectivity index (χ3n) is 4.96. The summed E-state index contributed by atoms with van der Waals surface area (Å²) in [5.41, 5.74) is 3.48. The Hall–Kier alpha value is -3.20. The van der Waals surface area contributed by atoms with Crippen molar-refractivity contribution in [2.24, 2.45) is 4.99 Å². The number of carbonyl (C=O) groups is 1. The molecule has 168 valence electrons. The van der Waals surface area contributed by atoms with Crippen LogP contribution in [0.1, 0.15) is 29.2 Å². The maximum absolute atomic E-state index is 13.5. The topological polar surface area (TPSA) is 57.1 Å². The molecule has 7 heteroatoms. The van der Waals surface area contributed by atoms with Crippen molar-refractivity contribution in [1.82, 2.24) is 0 Å². The Balaban J connectivity index is 1.62. The first-order valence-electron chi connectivity index (χ1n) is 10.4. The van der Waals surface area contributed by atoms with Gasteiger partial charge in [0.25, 0.3) is 0 Å². The summed E-state index contributed by atoms with van der Waals surface area (Å²) in [6.45, 7) is 4.81. The van der Waals surface area contributed by atoms with Crippen LogP contribution < -0.4 is 9.47 Å². The molecule has 33 heavy (non-hydrogen) atoms. The van der Waals surface area contributed by atoms with Gasteiger partial charge in [0.15, 0.2) is 17.2 Å². The van der Waals surface area contributed by atoms with Crippen molar-refractivity contribution in [1.29, 1.82) is 0 Å². The van der Waals surface area contributed by atoms with Gasteiger partial charge in [-0.1, -0.05) is 30.3 Å². The standard InChI is InChI=1S/C26H21FINO4/c1-3-31-23-13-17(11-21(28)24(23)32-15-19-8-5-4-7-16(19)2)12-22-26(30)33-25(29-22)18-9-6-10-20(27)14-18/h4-14H,3,15H2,1-2H3/b22-12-. The lowest BCUT2D eigenvalue weighted by molar-refractivity contribution is -0.129. The minimum absolute atomic E-state index is 0.0728. The minimum atomic E-state index is -0.595. The zero-order valence-electron chi connectivity index (χ0n) is 18.1. The van der Waals surface area contributed by atoms with Gasteiger partial charge < -0.3 is 14.2 Å².